The standard InChI is InChI=1S/C29H18BrClIN3O3/c30-19-13-14-24(38-29(37)17-7-2-1-3-8-17)18(15-19)16-33-35-28(36)27-25(20-9-4-5-11-22(20)31)21-10-6-12-23(32)26(21)34-27/h1-16,34H,(H,35,36). The lowest BCUT2D eigenvalue weighted by Crippen LogP contribution is -2.19. The lowest BCUT2D eigenvalue weighted by Gasteiger charge is -2.08. The third-order valence-corrected chi connectivity index (χ3v) is 7.43. The van der Waals surface area contributed by atoms with E-state index in [1.807, 2.05) is 42.5 Å². The maximum Gasteiger partial charge on any atom is 0.343 e. The number of esters is 1. The van der Waals surface area contributed by atoms with Gasteiger partial charge in [0.05, 0.1) is 17.3 Å². The average Bonchev–Trinajstić information content (AvgIpc) is 3.32. The zero-order valence-electron chi connectivity index (χ0n) is 19.5. The van der Waals surface area contributed by atoms with Crippen molar-refractivity contribution >= 4 is 79.1 Å². The van der Waals surface area contributed by atoms with Crippen LogP contribution >= 0.6 is 50.1 Å². The Balaban J connectivity index is 1.44. The van der Waals surface area contributed by atoms with Crippen molar-refractivity contribution in [1.82, 2.24) is 10.4 Å². The van der Waals surface area contributed by atoms with Gasteiger partial charge in [0.2, 0.25) is 0 Å². The molecule has 0 atom stereocenters. The SMILES string of the molecule is O=C(Oc1ccc(Br)cc1C=NNC(=O)c1[nH]c2c(I)cccc2c1-c1ccccc1Cl)c1ccccc1. The van der Waals surface area contributed by atoms with Crippen LogP contribution in [0.1, 0.15) is 26.4 Å². The van der Waals surface area contributed by atoms with E-state index < -0.39 is 11.9 Å². The Morgan fingerprint density at radius 1 is 0.974 bits per heavy atom. The van der Waals surface area contributed by atoms with Crippen molar-refractivity contribution in [3.63, 3.8) is 0 Å². The van der Waals surface area contributed by atoms with Crippen molar-refractivity contribution in [2.45, 2.75) is 0 Å². The first-order valence-electron chi connectivity index (χ1n) is 11.4. The number of nitrogens with zero attached hydrogens (tertiary/aromatic N) is 1. The zero-order valence-corrected chi connectivity index (χ0v) is 24.0. The summed E-state index contributed by atoms with van der Waals surface area (Å²) in [5, 5.41) is 5.57. The highest BCUT2D eigenvalue weighted by atomic mass is 127. The van der Waals surface area contributed by atoms with Gasteiger partial charge < -0.3 is 9.72 Å². The summed E-state index contributed by atoms with van der Waals surface area (Å²) in [6, 6.07) is 27.1. The smallest absolute Gasteiger partial charge is 0.343 e. The van der Waals surface area contributed by atoms with Crippen molar-refractivity contribution < 1.29 is 14.3 Å². The van der Waals surface area contributed by atoms with Crippen LogP contribution in [0.2, 0.25) is 5.02 Å². The second kappa shape index (κ2) is 11.5. The molecule has 38 heavy (non-hydrogen) atoms. The van der Waals surface area contributed by atoms with Crippen LogP contribution in [-0.4, -0.2) is 23.1 Å². The first-order valence-corrected chi connectivity index (χ1v) is 13.6. The molecule has 9 heteroatoms. The number of halogens is 3. The van der Waals surface area contributed by atoms with E-state index in [0.29, 0.717) is 33.2 Å². The van der Waals surface area contributed by atoms with Gasteiger partial charge in [0, 0.05) is 35.1 Å². The predicted molar refractivity (Wildman–Crippen MR) is 162 cm³/mol. The van der Waals surface area contributed by atoms with E-state index in [4.69, 9.17) is 16.3 Å². The highest BCUT2D eigenvalue weighted by Gasteiger charge is 2.21. The number of amides is 1. The number of benzene rings is 4. The molecule has 2 N–H and O–H groups in total. The number of hydrogen-bond acceptors (Lipinski definition) is 4. The number of aromatic amines is 1. The summed E-state index contributed by atoms with van der Waals surface area (Å²) in [6.07, 6.45) is 1.43. The predicted octanol–water partition coefficient (Wildman–Crippen LogP) is 7.84. The fourth-order valence-electron chi connectivity index (χ4n) is 3.96. The van der Waals surface area contributed by atoms with E-state index in [2.05, 4.69) is 54.0 Å². The Bertz CT molecular complexity index is 1700. The number of carbonyl (C=O) groups excluding carboxylic acids is 2. The van der Waals surface area contributed by atoms with Crippen molar-refractivity contribution in [3.8, 4) is 16.9 Å². The van der Waals surface area contributed by atoms with Crippen molar-refractivity contribution in [2.75, 3.05) is 0 Å². The minimum absolute atomic E-state index is 0.303. The van der Waals surface area contributed by atoms with Crippen LogP contribution in [0.15, 0.2) is 101 Å². The Morgan fingerprint density at radius 2 is 1.74 bits per heavy atom. The number of para-hydroxylation sites is 1. The largest absolute Gasteiger partial charge is 0.422 e. The van der Waals surface area contributed by atoms with Gasteiger partial charge in [-0.3, -0.25) is 4.79 Å². The second-order valence-corrected chi connectivity index (χ2v) is 10.6. The molecule has 5 rings (SSSR count). The molecule has 0 aliphatic heterocycles. The number of carbonyl (C=O) groups is 2. The van der Waals surface area contributed by atoms with E-state index >= 15 is 0 Å². The molecule has 0 unspecified atom stereocenters. The number of ether oxygens (including phenoxy) is 1. The summed E-state index contributed by atoms with van der Waals surface area (Å²) in [5.74, 6) is -0.637. The monoisotopic (exact) mass is 697 g/mol. The lowest BCUT2D eigenvalue weighted by atomic mass is 10.0. The van der Waals surface area contributed by atoms with Gasteiger partial charge >= 0.3 is 5.97 Å². The van der Waals surface area contributed by atoms with Gasteiger partial charge in [-0.1, -0.05) is 76.1 Å². The van der Waals surface area contributed by atoms with E-state index in [1.54, 1.807) is 48.5 Å². The van der Waals surface area contributed by atoms with Gasteiger partial charge in [-0.2, -0.15) is 5.10 Å². The number of hydrazone groups is 1. The van der Waals surface area contributed by atoms with Crippen molar-refractivity contribution in [1.29, 1.82) is 0 Å². The van der Waals surface area contributed by atoms with Crippen LogP contribution < -0.4 is 10.2 Å². The summed E-state index contributed by atoms with van der Waals surface area (Å²) in [6.45, 7) is 0. The summed E-state index contributed by atoms with van der Waals surface area (Å²) in [4.78, 5) is 29.1. The Kier molecular flexibility index (Phi) is 7.92. The maximum absolute atomic E-state index is 13.3. The van der Waals surface area contributed by atoms with Crippen LogP contribution in [0.3, 0.4) is 0 Å². The quantitative estimate of drug-likeness (QED) is 0.0624. The number of hydrogen-bond donors (Lipinski definition) is 2. The van der Waals surface area contributed by atoms with Gasteiger partial charge in [0.1, 0.15) is 11.4 Å². The van der Waals surface area contributed by atoms with Gasteiger partial charge in [0.15, 0.2) is 0 Å². The maximum atomic E-state index is 13.3. The van der Waals surface area contributed by atoms with Gasteiger partial charge in [-0.15, -0.1) is 0 Å². The molecule has 1 amide bonds. The van der Waals surface area contributed by atoms with Gasteiger partial charge in [-0.25, -0.2) is 10.2 Å². The fraction of sp³-hybridized carbons (Fsp3) is 0. The molecule has 5 aromatic rings. The Hall–Kier alpha value is -3.47. The molecule has 0 saturated carbocycles. The number of aromatic nitrogens is 1. The molecule has 0 radical (unpaired) electrons. The third-order valence-electron chi connectivity index (χ3n) is 5.71. The van der Waals surface area contributed by atoms with Crippen LogP contribution in [0, 0.1) is 3.57 Å². The first kappa shape index (κ1) is 26.1. The van der Waals surface area contributed by atoms with Gasteiger partial charge in [0.25, 0.3) is 5.91 Å². The molecule has 0 fully saturated rings. The van der Waals surface area contributed by atoms with Crippen LogP contribution in [0.4, 0.5) is 0 Å². The molecule has 6 nitrogen and oxygen atoms in total. The molecule has 0 saturated heterocycles. The van der Waals surface area contributed by atoms with E-state index in [1.165, 1.54) is 6.21 Å². The van der Waals surface area contributed by atoms with E-state index in [0.717, 1.165) is 24.5 Å². The molecule has 1 aromatic heterocycles. The zero-order chi connectivity index (χ0) is 26.6. The third kappa shape index (κ3) is 5.52. The van der Waals surface area contributed by atoms with Crippen LogP contribution in [0.5, 0.6) is 5.75 Å². The van der Waals surface area contributed by atoms with Crippen molar-refractivity contribution in [3.05, 3.63) is 121 Å². The molecule has 188 valence electrons. The fourth-order valence-corrected chi connectivity index (χ4v) is 5.20. The van der Waals surface area contributed by atoms with E-state index in [9.17, 15) is 9.59 Å². The minimum Gasteiger partial charge on any atom is -0.422 e. The minimum atomic E-state index is -0.497. The summed E-state index contributed by atoms with van der Waals surface area (Å²) >= 11 is 12.2. The number of rotatable bonds is 6. The summed E-state index contributed by atoms with van der Waals surface area (Å²) < 4.78 is 7.31. The highest BCUT2D eigenvalue weighted by molar-refractivity contribution is 14.1. The normalized spacial score (nSPS) is 11.1. The second-order valence-electron chi connectivity index (χ2n) is 8.15. The Labute approximate surface area is 245 Å². The molecule has 0 bridgehead atoms. The summed E-state index contributed by atoms with van der Waals surface area (Å²) in [5.41, 5.74) is 6.10. The first-order chi connectivity index (χ1) is 18.4. The summed E-state index contributed by atoms with van der Waals surface area (Å²) in [7, 11) is 0. The van der Waals surface area contributed by atoms with E-state index in [-0.39, 0.29) is 0 Å². The molecule has 0 aliphatic carbocycles. The van der Waals surface area contributed by atoms with Crippen LogP contribution in [0.25, 0.3) is 22.0 Å². The average molecular weight is 699 g/mol. The molecule has 0 spiro atoms. The van der Waals surface area contributed by atoms with Gasteiger partial charge in [-0.05, 0) is 65.1 Å². The molecular weight excluding hydrogens is 681 g/mol. The molecule has 4 aromatic carbocycles. The topological polar surface area (TPSA) is 83.5 Å². The molecule has 1 heterocycles. The molecule has 0 aliphatic rings. The number of fused-ring (bicyclic) bond motifs is 1. The van der Waals surface area contributed by atoms with Crippen molar-refractivity contribution in [2.24, 2.45) is 5.10 Å². The van der Waals surface area contributed by atoms with Crippen LogP contribution in [-0.2, 0) is 0 Å². The highest BCUT2D eigenvalue weighted by Crippen LogP contribution is 2.37. The number of nitrogens with one attached hydrogen (secondary N) is 2. The Morgan fingerprint density at radius 3 is 2.53 bits per heavy atom. The number of H-pyrrole nitrogens is 1. The lowest BCUT2D eigenvalue weighted by molar-refractivity contribution is 0.0734. The molecular formula is C29H18BrClIN3O3.